The van der Waals surface area contributed by atoms with Gasteiger partial charge < -0.3 is 9.72 Å². The van der Waals surface area contributed by atoms with Crippen LogP contribution in [0.4, 0.5) is 0 Å². The number of rotatable bonds is 3. The number of benzene rings is 2. The highest BCUT2D eigenvalue weighted by Gasteiger charge is 2.10. The molecule has 0 bridgehead atoms. The number of hydrogen-bond acceptors (Lipinski definition) is 4. The molecule has 0 atom stereocenters. The number of fused-ring (bicyclic) bond motifs is 3. The van der Waals surface area contributed by atoms with E-state index in [4.69, 9.17) is 4.74 Å². The Morgan fingerprint density at radius 2 is 2.00 bits per heavy atom. The summed E-state index contributed by atoms with van der Waals surface area (Å²) in [5.41, 5.74) is 3.51. The highest BCUT2D eigenvalue weighted by atomic mass is 16.5. The van der Waals surface area contributed by atoms with Crippen molar-refractivity contribution in [1.29, 1.82) is 0 Å². The average molecular weight is 333 g/mol. The number of carbonyl (C=O) groups is 1. The zero-order valence-electron chi connectivity index (χ0n) is 13.5. The third-order valence-electron chi connectivity index (χ3n) is 4.11. The average Bonchev–Trinajstić information content (AvgIpc) is 3.04. The molecule has 124 valence electrons. The second-order valence-corrected chi connectivity index (χ2v) is 5.77. The highest BCUT2D eigenvalue weighted by molar-refractivity contribution is 5.89. The van der Waals surface area contributed by atoms with Gasteiger partial charge in [-0.15, -0.1) is 0 Å². The van der Waals surface area contributed by atoms with Gasteiger partial charge in [0.25, 0.3) is 5.56 Å². The van der Waals surface area contributed by atoms with Crippen molar-refractivity contribution in [3.8, 4) is 0 Å². The first-order valence-electron chi connectivity index (χ1n) is 7.82. The summed E-state index contributed by atoms with van der Waals surface area (Å²) < 4.78 is 6.48. The Morgan fingerprint density at radius 1 is 1.16 bits per heavy atom. The van der Waals surface area contributed by atoms with Crippen molar-refractivity contribution >= 4 is 22.5 Å². The molecular formula is C19H15N3O3. The van der Waals surface area contributed by atoms with E-state index in [9.17, 15) is 9.59 Å². The highest BCUT2D eigenvalue weighted by Crippen LogP contribution is 2.15. The normalized spacial score (nSPS) is 11.1. The van der Waals surface area contributed by atoms with E-state index in [1.54, 1.807) is 22.7 Å². The minimum atomic E-state index is -0.368. The topological polar surface area (TPSA) is 76.5 Å². The van der Waals surface area contributed by atoms with Crippen molar-refractivity contribution in [3.05, 3.63) is 81.8 Å². The van der Waals surface area contributed by atoms with E-state index in [1.807, 2.05) is 36.4 Å². The largest absolute Gasteiger partial charge is 0.465 e. The number of nitrogens with one attached hydrogen (secondary N) is 1. The molecule has 0 aliphatic carbocycles. The molecule has 4 aromatic rings. The smallest absolute Gasteiger partial charge is 0.337 e. The van der Waals surface area contributed by atoms with Gasteiger partial charge in [-0.2, -0.15) is 5.10 Å². The van der Waals surface area contributed by atoms with Gasteiger partial charge in [-0.05, 0) is 29.8 Å². The molecule has 2 aromatic carbocycles. The summed E-state index contributed by atoms with van der Waals surface area (Å²) in [5, 5.41) is 5.20. The lowest BCUT2D eigenvalue weighted by molar-refractivity contribution is 0.0600. The number of H-pyrrole nitrogens is 1. The van der Waals surface area contributed by atoms with Gasteiger partial charge in [0.15, 0.2) is 0 Å². The predicted molar refractivity (Wildman–Crippen MR) is 93.9 cm³/mol. The number of hydrogen-bond donors (Lipinski definition) is 1. The second-order valence-electron chi connectivity index (χ2n) is 5.77. The molecule has 0 aliphatic rings. The number of methoxy groups -OCH3 is 1. The molecule has 0 radical (unpaired) electrons. The fraction of sp³-hybridized carbons (Fsp3) is 0.105. The van der Waals surface area contributed by atoms with E-state index in [2.05, 4.69) is 10.1 Å². The SMILES string of the molecule is COC(=O)c1cccc(Cc2cc3[nH]c(=O)c4ccccc4n3n2)c1. The summed E-state index contributed by atoms with van der Waals surface area (Å²) in [6.07, 6.45) is 0.545. The molecule has 0 fully saturated rings. The molecule has 2 heterocycles. The molecule has 0 unspecified atom stereocenters. The predicted octanol–water partition coefficient (Wildman–Crippen LogP) is 2.55. The summed E-state index contributed by atoms with van der Waals surface area (Å²) in [6, 6.07) is 16.4. The lowest BCUT2D eigenvalue weighted by atomic mass is 10.1. The van der Waals surface area contributed by atoms with E-state index >= 15 is 0 Å². The van der Waals surface area contributed by atoms with E-state index in [1.165, 1.54) is 7.11 Å². The first kappa shape index (κ1) is 15.1. The van der Waals surface area contributed by atoms with Crippen molar-refractivity contribution in [2.75, 3.05) is 7.11 Å². The molecule has 6 heteroatoms. The molecule has 0 saturated carbocycles. The Labute approximate surface area is 142 Å². The first-order valence-corrected chi connectivity index (χ1v) is 7.82. The fourth-order valence-corrected chi connectivity index (χ4v) is 2.96. The maximum Gasteiger partial charge on any atom is 0.337 e. The van der Waals surface area contributed by atoms with Gasteiger partial charge in [0.1, 0.15) is 5.65 Å². The van der Waals surface area contributed by atoms with Crippen LogP contribution < -0.4 is 5.56 Å². The monoisotopic (exact) mass is 333 g/mol. The zero-order valence-corrected chi connectivity index (χ0v) is 13.5. The summed E-state index contributed by atoms with van der Waals surface area (Å²) >= 11 is 0. The molecule has 0 aliphatic heterocycles. The van der Waals surface area contributed by atoms with Gasteiger partial charge in [0.05, 0.1) is 29.3 Å². The van der Waals surface area contributed by atoms with Crippen molar-refractivity contribution in [2.24, 2.45) is 0 Å². The van der Waals surface area contributed by atoms with Crippen LogP contribution in [0.2, 0.25) is 0 Å². The number of nitrogens with zero attached hydrogens (tertiary/aromatic N) is 2. The van der Waals surface area contributed by atoms with Crippen LogP contribution >= 0.6 is 0 Å². The number of esters is 1. The number of ether oxygens (including phenoxy) is 1. The van der Waals surface area contributed by atoms with Crippen molar-refractivity contribution < 1.29 is 9.53 Å². The van der Waals surface area contributed by atoms with Gasteiger partial charge in [0.2, 0.25) is 0 Å². The van der Waals surface area contributed by atoms with Crippen molar-refractivity contribution in [1.82, 2.24) is 14.6 Å². The van der Waals surface area contributed by atoms with Crippen molar-refractivity contribution in [2.45, 2.75) is 6.42 Å². The van der Waals surface area contributed by atoms with Crippen LogP contribution in [0.1, 0.15) is 21.6 Å². The third-order valence-corrected chi connectivity index (χ3v) is 4.11. The first-order chi connectivity index (χ1) is 12.2. The van der Waals surface area contributed by atoms with Gasteiger partial charge in [-0.25, -0.2) is 9.31 Å². The minimum Gasteiger partial charge on any atom is -0.465 e. The molecular weight excluding hydrogens is 318 g/mol. The van der Waals surface area contributed by atoms with Crippen molar-refractivity contribution in [3.63, 3.8) is 0 Å². The Balaban J connectivity index is 1.77. The molecule has 6 nitrogen and oxygen atoms in total. The van der Waals surface area contributed by atoms with Gasteiger partial charge in [0, 0.05) is 12.5 Å². The van der Waals surface area contributed by atoms with Crippen LogP contribution in [-0.4, -0.2) is 27.7 Å². The quantitative estimate of drug-likeness (QED) is 0.585. The van der Waals surface area contributed by atoms with Gasteiger partial charge >= 0.3 is 5.97 Å². The molecule has 0 amide bonds. The second kappa shape index (κ2) is 5.90. The Morgan fingerprint density at radius 3 is 2.84 bits per heavy atom. The van der Waals surface area contributed by atoms with E-state index < -0.39 is 0 Å². The molecule has 2 aromatic heterocycles. The molecule has 1 N–H and O–H groups in total. The minimum absolute atomic E-state index is 0.137. The third kappa shape index (κ3) is 2.67. The van der Waals surface area contributed by atoms with Crippen LogP contribution in [0, 0.1) is 0 Å². The summed E-state index contributed by atoms with van der Waals surface area (Å²) in [5.74, 6) is -0.368. The molecule has 0 saturated heterocycles. The number of para-hydroxylation sites is 1. The van der Waals surface area contributed by atoms with Gasteiger partial charge in [-0.3, -0.25) is 4.79 Å². The lowest BCUT2D eigenvalue weighted by Gasteiger charge is -2.02. The Bertz CT molecular complexity index is 1160. The maximum absolute atomic E-state index is 12.2. The van der Waals surface area contributed by atoms with E-state index in [0.29, 0.717) is 23.0 Å². The summed E-state index contributed by atoms with van der Waals surface area (Å²) in [7, 11) is 1.36. The fourth-order valence-electron chi connectivity index (χ4n) is 2.96. The maximum atomic E-state index is 12.2. The number of carbonyl (C=O) groups excluding carboxylic acids is 1. The van der Waals surface area contributed by atoms with Crippen LogP contribution in [0.3, 0.4) is 0 Å². The summed E-state index contributed by atoms with van der Waals surface area (Å²) in [4.78, 5) is 26.7. The van der Waals surface area contributed by atoms with Crippen LogP contribution in [0.5, 0.6) is 0 Å². The van der Waals surface area contributed by atoms with Crippen LogP contribution in [0.25, 0.3) is 16.6 Å². The Hall–Kier alpha value is -3.41. The van der Waals surface area contributed by atoms with E-state index in [0.717, 1.165) is 16.8 Å². The number of aromatic nitrogens is 3. The Kier molecular flexibility index (Phi) is 3.57. The van der Waals surface area contributed by atoms with Gasteiger partial charge in [-0.1, -0.05) is 24.3 Å². The summed E-state index contributed by atoms with van der Waals surface area (Å²) in [6.45, 7) is 0. The standard InChI is InChI=1S/C19H15N3O3/c1-25-19(24)13-6-4-5-12(9-13)10-14-11-17-20-18(23)15-7-2-3-8-16(15)22(17)21-14/h2-9,11H,10H2,1H3,(H,20,23). The molecule has 25 heavy (non-hydrogen) atoms. The number of aromatic amines is 1. The zero-order chi connectivity index (χ0) is 17.4. The molecule has 0 spiro atoms. The van der Waals surface area contributed by atoms with E-state index in [-0.39, 0.29) is 11.5 Å². The van der Waals surface area contributed by atoms with Crippen LogP contribution in [0.15, 0.2) is 59.4 Å². The lowest BCUT2D eigenvalue weighted by Crippen LogP contribution is -2.09. The van der Waals surface area contributed by atoms with Crippen LogP contribution in [-0.2, 0) is 11.2 Å². The molecule has 4 rings (SSSR count).